The Hall–Kier alpha value is -3.72. The summed E-state index contributed by atoms with van der Waals surface area (Å²) in [5.41, 5.74) is 3.01. The van der Waals surface area contributed by atoms with Crippen LogP contribution in [0.25, 0.3) is 11.0 Å². The first kappa shape index (κ1) is 25.0. The van der Waals surface area contributed by atoms with Crippen molar-refractivity contribution < 1.29 is 19.4 Å². The van der Waals surface area contributed by atoms with Gasteiger partial charge in [-0.25, -0.2) is 4.98 Å². The molecule has 5 rings (SSSR count). The summed E-state index contributed by atoms with van der Waals surface area (Å²) in [6, 6.07) is 12.8. The molecule has 2 fully saturated rings. The Morgan fingerprint density at radius 2 is 1.97 bits per heavy atom. The van der Waals surface area contributed by atoms with Crippen LogP contribution >= 0.6 is 0 Å². The molecule has 0 unspecified atom stereocenters. The molecule has 2 aliphatic heterocycles. The molecule has 2 amide bonds. The Morgan fingerprint density at radius 1 is 1.16 bits per heavy atom. The van der Waals surface area contributed by atoms with Crippen LogP contribution in [0.5, 0.6) is 5.75 Å². The Bertz CT molecular complexity index is 1300. The number of β-amino-alcohol motifs (C(OH)–C–C–N with tert-alkyl or cyclic N) is 1. The van der Waals surface area contributed by atoms with Gasteiger partial charge in [0.05, 0.1) is 24.3 Å². The van der Waals surface area contributed by atoms with Crippen LogP contribution in [0.4, 0.5) is 5.69 Å². The number of benzene rings is 1. The molecular weight excluding hydrogens is 470 g/mol. The summed E-state index contributed by atoms with van der Waals surface area (Å²) in [4.78, 5) is 39.4. The second-order valence-electron chi connectivity index (χ2n) is 10.1. The van der Waals surface area contributed by atoms with E-state index in [1.165, 1.54) is 0 Å². The van der Waals surface area contributed by atoms with Gasteiger partial charge in [0.15, 0.2) is 0 Å². The van der Waals surface area contributed by atoms with Crippen molar-refractivity contribution in [1.29, 1.82) is 0 Å². The van der Waals surface area contributed by atoms with E-state index >= 15 is 0 Å². The molecule has 9 nitrogen and oxygen atoms in total. The van der Waals surface area contributed by atoms with E-state index in [0.717, 1.165) is 35.4 Å². The molecule has 37 heavy (non-hydrogen) atoms. The Labute approximate surface area is 216 Å². The van der Waals surface area contributed by atoms with Crippen molar-refractivity contribution in [3.63, 3.8) is 0 Å². The molecule has 9 heteroatoms. The minimum atomic E-state index is -1.03. The van der Waals surface area contributed by atoms with Crippen LogP contribution in [0.3, 0.4) is 0 Å². The van der Waals surface area contributed by atoms with E-state index in [1.54, 1.807) is 42.4 Å². The molecule has 0 aliphatic carbocycles. The molecule has 2 aliphatic rings. The van der Waals surface area contributed by atoms with Crippen molar-refractivity contribution in [2.24, 2.45) is 0 Å². The molecule has 0 bridgehead atoms. The van der Waals surface area contributed by atoms with Gasteiger partial charge in [0.1, 0.15) is 23.5 Å². The van der Waals surface area contributed by atoms with Crippen LogP contribution in [0.2, 0.25) is 0 Å². The number of carbonyl (C=O) groups excluding carboxylic acids is 2. The number of likely N-dealkylation sites (N-methyl/N-ethyl adjacent to an activating group) is 1. The molecule has 2 saturated heterocycles. The first-order chi connectivity index (χ1) is 17.8. The molecule has 0 radical (unpaired) electrons. The van der Waals surface area contributed by atoms with Gasteiger partial charge in [0.25, 0.3) is 5.91 Å². The number of carbonyl (C=O) groups is 2. The second-order valence-corrected chi connectivity index (χ2v) is 10.1. The molecule has 194 valence electrons. The third-order valence-corrected chi connectivity index (χ3v) is 7.16. The van der Waals surface area contributed by atoms with Crippen LogP contribution in [0, 0.1) is 6.92 Å². The molecule has 4 heterocycles. The average molecular weight is 504 g/mol. The normalized spacial score (nSPS) is 19.6. The molecule has 2 aromatic heterocycles. The van der Waals surface area contributed by atoms with Gasteiger partial charge in [-0.15, -0.1) is 0 Å². The summed E-state index contributed by atoms with van der Waals surface area (Å²) in [7, 11) is 1.72. The predicted molar refractivity (Wildman–Crippen MR) is 141 cm³/mol. The first-order valence-electron chi connectivity index (χ1n) is 12.8. The number of hydrogen-bond acceptors (Lipinski definition) is 7. The zero-order valence-electron chi connectivity index (χ0n) is 21.4. The van der Waals surface area contributed by atoms with Gasteiger partial charge < -0.3 is 24.5 Å². The molecule has 0 saturated carbocycles. The van der Waals surface area contributed by atoms with Crippen molar-refractivity contribution in [1.82, 2.24) is 19.8 Å². The Morgan fingerprint density at radius 3 is 2.73 bits per heavy atom. The van der Waals surface area contributed by atoms with E-state index in [-0.39, 0.29) is 18.4 Å². The zero-order chi connectivity index (χ0) is 26.0. The highest BCUT2D eigenvalue weighted by Gasteiger charge is 2.38. The number of nitrogens with zero attached hydrogens (tertiary/aromatic N) is 5. The van der Waals surface area contributed by atoms with Crippen LogP contribution in [-0.4, -0.2) is 88.7 Å². The first-order valence-corrected chi connectivity index (χ1v) is 12.8. The molecule has 3 aromatic rings. The fraction of sp³-hybridized carbons (Fsp3) is 0.429. The lowest BCUT2D eigenvalue weighted by Gasteiger charge is -2.29. The maximum absolute atomic E-state index is 13.1. The largest absolute Gasteiger partial charge is 0.492 e. The van der Waals surface area contributed by atoms with Gasteiger partial charge in [-0.3, -0.25) is 14.6 Å². The lowest BCUT2D eigenvalue weighted by molar-refractivity contribution is -0.128. The quantitative estimate of drug-likeness (QED) is 0.505. The minimum absolute atomic E-state index is 0.159. The SMILES string of the molecule is Cc1ccc2nccc(N3CC[C@@](O)(CN(C)C(=O)c4ccc(OCCN5CCCC5=O)cc4)C3)c2n1. The highest BCUT2D eigenvalue weighted by Crippen LogP contribution is 2.31. The molecule has 1 aromatic carbocycles. The monoisotopic (exact) mass is 503 g/mol. The van der Waals surface area contributed by atoms with Crippen LogP contribution in [-0.2, 0) is 4.79 Å². The highest BCUT2D eigenvalue weighted by molar-refractivity contribution is 5.94. The summed E-state index contributed by atoms with van der Waals surface area (Å²) in [6.07, 6.45) is 3.84. The van der Waals surface area contributed by atoms with Gasteiger partial charge in [-0.2, -0.15) is 0 Å². The topological polar surface area (TPSA) is 99.1 Å². The maximum Gasteiger partial charge on any atom is 0.253 e. The van der Waals surface area contributed by atoms with Gasteiger partial charge in [-0.05, 0) is 62.2 Å². The van der Waals surface area contributed by atoms with Crippen molar-refractivity contribution >= 4 is 28.5 Å². The molecule has 1 atom stereocenters. The number of pyridine rings is 2. The number of rotatable bonds is 8. The van der Waals surface area contributed by atoms with Crippen molar-refractivity contribution in [3.8, 4) is 5.75 Å². The second kappa shape index (κ2) is 10.3. The van der Waals surface area contributed by atoms with Gasteiger partial charge >= 0.3 is 0 Å². The fourth-order valence-electron chi connectivity index (χ4n) is 5.20. The number of likely N-dealkylation sites (tertiary alicyclic amines) is 1. The predicted octanol–water partition coefficient (Wildman–Crippen LogP) is 2.65. The Balaban J connectivity index is 1.17. The smallest absolute Gasteiger partial charge is 0.253 e. The Kier molecular flexibility index (Phi) is 6.97. The van der Waals surface area contributed by atoms with Crippen LogP contribution in [0.15, 0.2) is 48.7 Å². The number of aliphatic hydroxyl groups is 1. The van der Waals surface area contributed by atoms with Crippen LogP contribution < -0.4 is 9.64 Å². The van der Waals surface area contributed by atoms with E-state index in [4.69, 9.17) is 4.74 Å². The zero-order valence-corrected chi connectivity index (χ0v) is 21.4. The van der Waals surface area contributed by atoms with Crippen molar-refractivity contribution in [2.75, 3.05) is 51.3 Å². The number of aryl methyl sites for hydroxylation is 1. The van der Waals surface area contributed by atoms with E-state index in [9.17, 15) is 14.7 Å². The van der Waals surface area contributed by atoms with Crippen LogP contribution in [0.1, 0.15) is 35.3 Å². The molecule has 1 N–H and O–H groups in total. The summed E-state index contributed by atoms with van der Waals surface area (Å²) in [5, 5.41) is 11.3. The summed E-state index contributed by atoms with van der Waals surface area (Å²) < 4.78 is 5.75. The fourth-order valence-corrected chi connectivity index (χ4v) is 5.20. The van der Waals surface area contributed by atoms with E-state index < -0.39 is 5.60 Å². The average Bonchev–Trinajstić information content (AvgIpc) is 3.48. The third kappa shape index (κ3) is 5.51. The lowest BCUT2D eigenvalue weighted by Crippen LogP contribution is -2.45. The number of aromatic nitrogens is 2. The van der Waals surface area contributed by atoms with Gasteiger partial charge in [-0.1, -0.05) is 0 Å². The van der Waals surface area contributed by atoms with Gasteiger partial charge in [0.2, 0.25) is 5.91 Å². The highest BCUT2D eigenvalue weighted by atomic mass is 16.5. The summed E-state index contributed by atoms with van der Waals surface area (Å²) >= 11 is 0. The standard InChI is InChI=1S/C28H33N5O4/c1-20-5-10-23-26(30-20)24(11-13-29-23)33-15-12-28(36,19-33)18-31(2)27(35)21-6-8-22(9-7-21)37-17-16-32-14-3-4-25(32)34/h5-11,13,36H,3-4,12,14-19H2,1-2H3/t28-/m1/s1. The minimum Gasteiger partial charge on any atom is -0.492 e. The van der Waals surface area contributed by atoms with Crippen molar-refractivity contribution in [2.45, 2.75) is 31.8 Å². The number of anilines is 1. The molecular formula is C28H33N5O4. The number of ether oxygens (including phenoxy) is 1. The maximum atomic E-state index is 13.1. The number of fused-ring (bicyclic) bond motifs is 1. The third-order valence-electron chi connectivity index (χ3n) is 7.16. The summed E-state index contributed by atoms with van der Waals surface area (Å²) in [6.45, 7) is 5.04. The summed E-state index contributed by atoms with van der Waals surface area (Å²) in [5.74, 6) is 0.678. The lowest BCUT2D eigenvalue weighted by atomic mass is 10.0. The van der Waals surface area contributed by atoms with Crippen molar-refractivity contribution in [3.05, 3.63) is 59.9 Å². The number of amides is 2. The van der Waals surface area contributed by atoms with Gasteiger partial charge in [0, 0.05) is 50.6 Å². The van der Waals surface area contributed by atoms with E-state index in [1.807, 2.05) is 30.0 Å². The van der Waals surface area contributed by atoms with E-state index in [0.29, 0.717) is 50.4 Å². The number of hydrogen-bond donors (Lipinski definition) is 1. The molecule has 0 spiro atoms. The van der Waals surface area contributed by atoms with E-state index in [2.05, 4.69) is 14.9 Å².